The van der Waals surface area contributed by atoms with Crippen molar-refractivity contribution in [1.82, 2.24) is 10.4 Å². The number of aromatic nitrogens is 1. The van der Waals surface area contributed by atoms with E-state index in [2.05, 4.69) is 20.8 Å². The van der Waals surface area contributed by atoms with Crippen LogP contribution in [-0.2, 0) is 9.59 Å². The second kappa shape index (κ2) is 6.50. The first kappa shape index (κ1) is 15.1. The number of anilines is 1. The maximum atomic E-state index is 12.1. The maximum absolute atomic E-state index is 12.1. The zero-order chi connectivity index (χ0) is 16.2. The summed E-state index contributed by atoms with van der Waals surface area (Å²) >= 11 is 5.80. The van der Waals surface area contributed by atoms with E-state index >= 15 is 0 Å². The quantitative estimate of drug-likeness (QED) is 0.753. The molecule has 0 aliphatic carbocycles. The second-order valence-electron chi connectivity index (χ2n) is 4.91. The summed E-state index contributed by atoms with van der Waals surface area (Å²) in [6.45, 7) is 0. The summed E-state index contributed by atoms with van der Waals surface area (Å²) in [6, 6.07) is 10.4. The molecular formula is C16H13ClN4O2. The third kappa shape index (κ3) is 3.67. The second-order valence-corrected chi connectivity index (χ2v) is 5.35. The van der Waals surface area contributed by atoms with Gasteiger partial charge in [-0.25, -0.2) is 5.43 Å². The molecule has 0 saturated heterocycles. The highest BCUT2D eigenvalue weighted by molar-refractivity contribution is 6.31. The fourth-order valence-electron chi connectivity index (χ4n) is 2.13. The van der Waals surface area contributed by atoms with Crippen molar-refractivity contribution in [3.05, 3.63) is 58.9 Å². The molecule has 3 N–H and O–H groups in total. The van der Waals surface area contributed by atoms with Crippen LogP contribution in [0.25, 0.3) is 6.08 Å². The average molecular weight is 329 g/mol. The molecule has 2 aromatic rings. The first-order valence-electron chi connectivity index (χ1n) is 6.89. The summed E-state index contributed by atoms with van der Waals surface area (Å²) in [7, 11) is 0. The molecule has 3 rings (SSSR count). The minimum Gasteiger partial charge on any atom is -0.362 e. The summed E-state index contributed by atoms with van der Waals surface area (Å²) < 4.78 is 0. The SMILES string of the molecule is O=C(CC1=NNC(=O)/C1=C/c1ccc[nH]1)Nc1ccc(Cl)cc1. The number of aromatic amines is 1. The van der Waals surface area contributed by atoms with Crippen LogP contribution in [0.15, 0.2) is 53.3 Å². The number of H-pyrrole nitrogens is 1. The van der Waals surface area contributed by atoms with Gasteiger partial charge in [0.2, 0.25) is 5.91 Å². The Balaban J connectivity index is 1.70. The molecule has 0 saturated carbocycles. The summed E-state index contributed by atoms with van der Waals surface area (Å²) in [5.74, 6) is -0.589. The lowest BCUT2D eigenvalue weighted by molar-refractivity contribution is -0.116. The molecule has 0 unspecified atom stereocenters. The van der Waals surface area contributed by atoms with Crippen LogP contribution in [0.3, 0.4) is 0 Å². The summed E-state index contributed by atoms with van der Waals surface area (Å²) in [5, 5.41) is 7.26. The molecule has 6 nitrogen and oxygen atoms in total. The maximum Gasteiger partial charge on any atom is 0.273 e. The first-order chi connectivity index (χ1) is 11.1. The lowest BCUT2D eigenvalue weighted by Crippen LogP contribution is -2.18. The topological polar surface area (TPSA) is 86.3 Å². The molecule has 0 atom stereocenters. The Kier molecular flexibility index (Phi) is 4.25. The van der Waals surface area contributed by atoms with E-state index in [-0.39, 0.29) is 18.2 Å². The van der Waals surface area contributed by atoms with Crippen molar-refractivity contribution >= 4 is 40.9 Å². The summed E-state index contributed by atoms with van der Waals surface area (Å²) in [4.78, 5) is 26.9. The predicted molar refractivity (Wildman–Crippen MR) is 89.0 cm³/mol. The van der Waals surface area contributed by atoms with Crippen molar-refractivity contribution in [3.8, 4) is 0 Å². The van der Waals surface area contributed by atoms with E-state index in [9.17, 15) is 9.59 Å². The number of hydrazone groups is 1. The number of hydrogen-bond acceptors (Lipinski definition) is 3. The smallest absolute Gasteiger partial charge is 0.273 e. The number of carbonyl (C=O) groups is 2. The van der Waals surface area contributed by atoms with E-state index in [0.29, 0.717) is 22.0 Å². The molecule has 2 amide bonds. The van der Waals surface area contributed by atoms with Crippen LogP contribution in [0.5, 0.6) is 0 Å². The van der Waals surface area contributed by atoms with E-state index < -0.39 is 0 Å². The van der Waals surface area contributed by atoms with Gasteiger partial charge >= 0.3 is 0 Å². The minimum atomic E-state index is -0.325. The zero-order valence-electron chi connectivity index (χ0n) is 12.0. The molecule has 1 aromatic carbocycles. The normalized spacial score (nSPS) is 15.4. The Hall–Kier alpha value is -2.86. The number of nitrogens with zero attached hydrogens (tertiary/aromatic N) is 1. The number of hydrogen-bond donors (Lipinski definition) is 3. The number of carbonyl (C=O) groups excluding carboxylic acids is 2. The van der Waals surface area contributed by atoms with Gasteiger partial charge in [0, 0.05) is 22.6 Å². The molecule has 23 heavy (non-hydrogen) atoms. The van der Waals surface area contributed by atoms with Gasteiger partial charge < -0.3 is 10.3 Å². The molecule has 116 valence electrons. The number of amides is 2. The molecule has 0 bridgehead atoms. The molecule has 0 radical (unpaired) electrons. The first-order valence-corrected chi connectivity index (χ1v) is 7.27. The number of benzene rings is 1. The van der Waals surface area contributed by atoms with Crippen LogP contribution in [0.4, 0.5) is 5.69 Å². The molecule has 7 heteroatoms. The van der Waals surface area contributed by atoms with Crippen molar-refractivity contribution in [1.29, 1.82) is 0 Å². The molecular weight excluding hydrogens is 316 g/mol. The highest BCUT2D eigenvalue weighted by atomic mass is 35.5. The van der Waals surface area contributed by atoms with Crippen LogP contribution >= 0.6 is 11.6 Å². The Labute approximate surface area is 137 Å². The zero-order valence-corrected chi connectivity index (χ0v) is 12.7. The van der Waals surface area contributed by atoms with Gasteiger partial charge in [0.05, 0.1) is 17.7 Å². The monoisotopic (exact) mass is 328 g/mol. The van der Waals surface area contributed by atoms with Gasteiger partial charge in [-0.2, -0.15) is 5.10 Å². The van der Waals surface area contributed by atoms with Gasteiger partial charge in [0.1, 0.15) is 0 Å². The van der Waals surface area contributed by atoms with Crippen LogP contribution in [0.1, 0.15) is 12.1 Å². The third-order valence-corrected chi connectivity index (χ3v) is 3.48. The van der Waals surface area contributed by atoms with Crippen LogP contribution in [0.2, 0.25) is 5.02 Å². The highest BCUT2D eigenvalue weighted by Crippen LogP contribution is 2.16. The molecule has 0 spiro atoms. The molecule has 2 heterocycles. The standard InChI is InChI=1S/C16H13ClN4O2/c17-10-3-5-11(6-4-10)19-15(22)9-14-13(16(23)21-20-14)8-12-2-1-7-18-12/h1-8,18H,9H2,(H,19,22)(H,21,23)/b13-8+. The Morgan fingerprint density at radius 1 is 1.26 bits per heavy atom. The number of halogens is 1. The van der Waals surface area contributed by atoms with E-state index in [1.807, 2.05) is 12.1 Å². The van der Waals surface area contributed by atoms with Crippen molar-refractivity contribution in [3.63, 3.8) is 0 Å². The lowest BCUT2D eigenvalue weighted by atomic mass is 10.1. The van der Waals surface area contributed by atoms with E-state index in [1.54, 1.807) is 36.5 Å². The van der Waals surface area contributed by atoms with Gasteiger partial charge in [0.25, 0.3) is 5.91 Å². The largest absolute Gasteiger partial charge is 0.362 e. The van der Waals surface area contributed by atoms with E-state index in [4.69, 9.17) is 11.6 Å². The molecule has 1 aliphatic heterocycles. The van der Waals surface area contributed by atoms with Gasteiger partial charge in [-0.1, -0.05) is 11.6 Å². The molecule has 1 aliphatic rings. The third-order valence-electron chi connectivity index (χ3n) is 3.23. The fourth-order valence-corrected chi connectivity index (χ4v) is 2.26. The Morgan fingerprint density at radius 2 is 2.04 bits per heavy atom. The average Bonchev–Trinajstić information content (AvgIpc) is 3.15. The summed E-state index contributed by atoms with van der Waals surface area (Å²) in [5.41, 5.74) is 4.55. The van der Waals surface area contributed by atoms with E-state index in [1.165, 1.54) is 0 Å². The van der Waals surface area contributed by atoms with Gasteiger partial charge in [-0.3, -0.25) is 9.59 Å². The number of nitrogens with one attached hydrogen (secondary N) is 3. The minimum absolute atomic E-state index is 0.00604. The highest BCUT2D eigenvalue weighted by Gasteiger charge is 2.24. The Morgan fingerprint density at radius 3 is 2.74 bits per heavy atom. The van der Waals surface area contributed by atoms with Crippen molar-refractivity contribution in [2.75, 3.05) is 5.32 Å². The van der Waals surface area contributed by atoms with Gasteiger partial charge in [0.15, 0.2) is 0 Å². The summed E-state index contributed by atoms with van der Waals surface area (Å²) in [6.07, 6.45) is 3.41. The predicted octanol–water partition coefficient (Wildman–Crippen LogP) is 2.57. The van der Waals surface area contributed by atoms with Crippen molar-refractivity contribution < 1.29 is 9.59 Å². The number of rotatable bonds is 4. The van der Waals surface area contributed by atoms with Crippen LogP contribution < -0.4 is 10.7 Å². The van der Waals surface area contributed by atoms with Crippen molar-refractivity contribution in [2.45, 2.75) is 6.42 Å². The molecule has 1 aromatic heterocycles. The van der Waals surface area contributed by atoms with Gasteiger partial charge in [-0.15, -0.1) is 0 Å². The van der Waals surface area contributed by atoms with Crippen LogP contribution in [0, 0.1) is 0 Å². The van der Waals surface area contributed by atoms with E-state index in [0.717, 1.165) is 5.69 Å². The fraction of sp³-hybridized carbons (Fsp3) is 0.0625. The Bertz CT molecular complexity index is 792. The van der Waals surface area contributed by atoms with Gasteiger partial charge in [-0.05, 0) is 42.5 Å². The molecule has 0 fully saturated rings. The van der Waals surface area contributed by atoms with Crippen LogP contribution in [-0.4, -0.2) is 22.5 Å². The van der Waals surface area contributed by atoms with Crippen molar-refractivity contribution in [2.24, 2.45) is 5.10 Å². The lowest BCUT2D eigenvalue weighted by Gasteiger charge is -2.05.